The van der Waals surface area contributed by atoms with E-state index in [1.807, 2.05) is 11.1 Å². The zero-order valence-corrected chi connectivity index (χ0v) is 9.41. The third kappa shape index (κ3) is 1.82. The van der Waals surface area contributed by atoms with E-state index in [4.69, 9.17) is 0 Å². The number of hydrogen-bond acceptors (Lipinski definition) is 0. The van der Waals surface area contributed by atoms with Crippen LogP contribution >= 0.6 is 0 Å². The molecule has 15 heavy (non-hydrogen) atoms. The summed E-state index contributed by atoms with van der Waals surface area (Å²) >= 11 is 0. The fourth-order valence-corrected chi connectivity index (χ4v) is 3.45. The van der Waals surface area contributed by atoms with E-state index in [1.54, 1.807) is 0 Å². The fraction of sp³-hybridized carbons (Fsp3) is 0.600. The maximum Gasteiger partial charge on any atom is -0.00116 e. The molecule has 2 bridgehead atoms. The van der Waals surface area contributed by atoms with Crippen LogP contribution in [-0.2, 0) is 0 Å². The number of rotatable bonds is 0. The number of hydrogen-bond donors (Lipinski definition) is 0. The van der Waals surface area contributed by atoms with Crippen LogP contribution in [0.2, 0.25) is 0 Å². The van der Waals surface area contributed by atoms with E-state index in [0.29, 0.717) is 0 Å². The Morgan fingerprint density at radius 2 is 1.73 bits per heavy atom. The molecule has 0 radical (unpaired) electrons. The van der Waals surface area contributed by atoms with Gasteiger partial charge >= 0.3 is 0 Å². The first-order valence-corrected chi connectivity index (χ1v) is 6.49. The quantitative estimate of drug-likeness (QED) is 0.508. The van der Waals surface area contributed by atoms with Gasteiger partial charge in [-0.25, -0.2) is 0 Å². The van der Waals surface area contributed by atoms with E-state index in [0.717, 1.165) is 11.8 Å². The van der Waals surface area contributed by atoms with Crippen LogP contribution in [-0.4, -0.2) is 0 Å². The molecule has 0 unspecified atom stereocenters. The van der Waals surface area contributed by atoms with Crippen molar-refractivity contribution in [2.45, 2.75) is 44.9 Å². The van der Waals surface area contributed by atoms with Crippen molar-refractivity contribution in [3.8, 4) is 0 Å². The maximum atomic E-state index is 2.43. The third-order valence-corrected chi connectivity index (χ3v) is 4.24. The molecule has 0 spiro atoms. The van der Waals surface area contributed by atoms with E-state index < -0.39 is 0 Å². The van der Waals surface area contributed by atoms with Crippen LogP contribution in [0, 0.1) is 11.8 Å². The molecule has 0 nitrogen and oxygen atoms in total. The molecule has 3 aliphatic rings. The van der Waals surface area contributed by atoms with E-state index in [2.05, 4.69) is 24.3 Å². The second-order valence-electron chi connectivity index (χ2n) is 5.27. The highest BCUT2D eigenvalue weighted by Gasteiger charge is 2.29. The summed E-state index contributed by atoms with van der Waals surface area (Å²) in [6, 6.07) is 0. The minimum atomic E-state index is 0.790. The Balaban J connectivity index is 1.88. The second-order valence-corrected chi connectivity index (χ2v) is 5.27. The van der Waals surface area contributed by atoms with Crippen LogP contribution in [0.15, 0.2) is 35.5 Å². The molecule has 0 aromatic rings. The van der Waals surface area contributed by atoms with Crippen molar-refractivity contribution in [2.75, 3.05) is 0 Å². The van der Waals surface area contributed by atoms with Gasteiger partial charge in [0.15, 0.2) is 0 Å². The molecule has 80 valence electrons. The van der Waals surface area contributed by atoms with Gasteiger partial charge in [-0.15, -0.1) is 0 Å². The molecule has 0 heterocycles. The Bertz CT molecular complexity index is 322. The Kier molecular flexibility index (Phi) is 2.52. The lowest BCUT2D eigenvalue weighted by Gasteiger charge is -2.19. The van der Waals surface area contributed by atoms with Crippen molar-refractivity contribution in [3.05, 3.63) is 35.5 Å². The molecule has 0 amide bonds. The van der Waals surface area contributed by atoms with Gasteiger partial charge in [0, 0.05) is 0 Å². The first kappa shape index (κ1) is 9.45. The highest BCUT2D eigenvalue weighted by Crippen LogP contribution is 2.43. The van der Waals surface area contributed by atoms with E-state index >= 15 is 0 Å². The molecule has 3 aliphatic carbocycles. The molecule has 3 rings (SSSR count). The summed E-state index contributed by atoms with van der Waals surface area (Å²) in [6.45, 7) is 0. The molecular formula is C15H20. The largest absolute Gasteiger partial charge is 0.0811 e. The molecular weight excluding hydrogens is 180 g/mol. The van der Waals surface area contributed by atoms with Crippen molar-refractivity contribution in [1.82, 2.24) is 0 Å². The van der Waals surface area contributed by atoms with Crippen LogP contribution in [0.5, 0.6) is 0 Å². The monoisotopic (exact) mass is 200 g/mol. The molecule has 0 aromatic carbocycles. The lowest BCUT2D eigenvalue weighted by Crippen LogP contribution is -2.02. The zero-order valence-electron chi connectivity index (χ0n) is 9.41. The van der Waals surface area contributed by atoms with Crippen LogP contribution < -0.4 is 0 Å². The predicted molar refractivity (Wildman–Crippen MR) is 64.6 cm³/mol. The van der Waals surface area contributed by atoms with E-state index in [1.165, 1.54) is 44.9 Å². The summed E-state index contributed by atoms with van der Waals surface area (Å²) in [5.74, 6) is 1.63. The Morgan fingerprint density at radius 3 is 2.60 bits per heavy atom. The minimum absolute atomic E-state index is 0.790. The molecule has 0 N–H and O–H groups in total. The van der Waals surface area contributed by atoms with Crippen molar-refractivity contribution in [3.63, 3.8) is 0 Å². The Morgan fingerprint density at radius 1 is 0.933 bits per heavy atom. The Hall–Kier alpha value is -0.780. The van der Waals surface area contributed by atoms with Crippen molar-refractivity contribution in [1.29, 1.82) is 0 Å². The third-order valence-electron chi connectivity index (χ3n) is 4.24. The molecule has 0 heteroatoms. The molecule has 2 saturated carbocycles. The summed E-state index contributed by atoms with van der Waals surface area (Å²) in [4.78, 5) is 0. The highest BCUT2D eigenvalue weighted by molar-refractivity contribution is 5.31. The standard InChI is InChI=1S/C15H20/c1-2-7-13(8-3-1)15-11-12-6-4-5-9-14(15)10-12/h4-6,9,12,14H,1-3,7-8,10-11H2/t12-,14+/m0/s1. The van der Waals surface area contributed by atoms with Crippen LogP contribution in [0.4, 0.5) is 0 Å². The van der Waals surface area contributed by atoms with Gasteiger partial charge in [-0.1, -0.05) is 41.9 Å². The van der Waals surface area contributed by atoms with Gasteiger partial charge in [-0.05, 0) is 50.4 Å². The second kappa shape index (κ2) is 4.00. The van der Waals surface area contributed by atoms with Gasteiger partial charge in [0.2, 0.25) is 0 Å². The van der Waals surface area contributed by atoms with Crippen LogP contribution in [0.3, 0.4) is 0 Å². The molecule has 0 saturated heterocycles. The Labute approximate surface area is 92.8 Å². The smallest absolute Gasteiger partial charge is 0.00116 e. The normalized spacial score (nSPS) is 34.7. The van der Waals surface area contributed by atoms with Crippen molar-refractivity contribution in [2.24, 2.45) is 11.8 Å². The topological polar surface area (TPSA) is 0 Å². The highest BCUT2D eigenvalue weighted by atomic mass is 14.3. The van der Waals surface area contributed by atoms with E-state index in [-0.39, 0.29) is 0 Å². The predicted octanol–water partition coefficient (Wildman–Crippen LogP) is 4.40. The zero-order chi connectivity index (χ0) is 10.1. The maximum absolute atomic E-state index is 2.43. The van der Waals surface area contributed by atoms with Crippen LogP contribution in [0.25, 0.3) is 0 Å². The molecule has 0 aromatic heterocycles. The first-order valence-electron chi connectivity index (χ1n) is 6.49. The lowest BCUT2D eigenvalue weighted by molar-refractivity contribution is 0.585. The van der Waals surface area contributed by atoms with Gasteiger partial charge in [-0.3, -0.25) is 0 Å². The van der Waals surface area contributed by atoms with Crippen molar-refractivity contribution < 1.29 is 0 Å². The summed E-state index contributed by atoms with van der Waals surface area (Å²) in [6.07, 6.45) is 19.2. The first-order chi connectivity index (χ1) is 7.43. The van der Waals surface area contributed by atoms with Gasteiger partial charge in [0.1, 0.15) is 0 Å². The average Bonchev–Trinajstić information content (AvgIpc) is 2.52. The van der Waals surface area contributed by atoms with E-state index in [9.17, 15) is 0 Å². The van der Waals surface area contributed by atoms with Gasteiger partial charge in [-0.2, -0.15) is 0 Å². The SMILES string of the molecule is C1=C[C@@H]2CC(=C3CCCCC3)[C@H](C=C1)C2. The van der Waals surface area contributed by atoms with Gasteiger partial charge in [0.05, 0.1) is 0 Å². The molecule has 0 aliphatic heterocycles. The summed E-state index contributed by atoms with van der Waals surface area (Å²) in [7, 11) is 0. The molecule has 2 atom stereocenters. The lowest BCUT2D eigenvalue weighted by atomic mass is 9.87. The minimum Gasteiger partial charge on any atom is -0.0811 e. The van der Waals surface area contributed by atoms with Crippen LogP contribution in [0.1, 0.15) is 44.9 Å². The fourth-order valence-electron chi connectivity index (χ4n) is 3.45. The summed E-state index contributed by atoms with van der Waals surface area (Å²) in [5, 5.41) is 0. The van der Waals surface area contributed by atoms with Gasteiger partial charge < -0.3 is 0 Å². The number of fused-ring (bicyclic) bond motifs is 2. The summed E-state index contributed by atoms with van der Waals surface area (Å²) < 4.78 is 0. The van der Waals surface area contributed by atoms with Gasteiger partial charge in [0.25, 0.3) is 0 Å². The van der Waals surface area contributed by atoms with Crippen molar-refractivity contribution >= 4 is 0 Å². The summed E-state index contributed by atoms with van der Waals surface area (Å²) in [5.41, 5.74) is 3.65. The average molecular weight is 200 g/mol. The number of allylic oxidation sites excluding steroid dienone is 6. The molecule has 2 fully saturated rings.